The van der Waals surface area contributed by atoms with Crippen LogP contribution in [0.2, 0.25) is 0 Å². The average molecular weight is 144 g/mol. The normalized spacial score (nSPS) is 21.7. The lowest BCUT2D eigenvalue weighted by Crippen LogP contribution is -2.41. The molecule has 1 saturated heterocycles. The van der Waals surface area contributed by atoms with Crippen molar-refractivity contribution in [2.45, 2.75) is 0 Å². The molecule has 0 aromatic rings. The van der Waals surface area contributed by atoms with Crippen LogP contribution in [0.1, 0.15) is 0 Å². The van der Waals surface area contributed by atoms with Gasteiger partial charge in [-0.3, -0.25) is 4.79 Å². The number of nitrogens with one attached hydrogen (secondary N) is 1. The van der Waals surface area contributed by atoms with E-state index in [-0.39, 0.29) is 11.8 Å². The molecule has 1 aliphatic heterocycles. The lowest BCUT2D eigenvalue weighted by atomic mass is 10.5. The summed E-state index contributed by atoms with van der Waals surface area (Å²) in [6.07, 6.45) is 0. The van der Waals surface area contributed by atoms with Crippen LogP contribution in [0.25, 0.3) is 0 Å². The first-order valence-corrected chi connectivity index (χ1v) is 2.86. The van der Waals surface area contributed by atoms with Crippen LogP contribution in [0.15, 0.2) is 5.16 Å². The fraction of sp³-hybridized carbons (Fsp3) is 0.600. The highest BCUT2D eigenvalue weighted by Gasteiger charge is 2.17. The zero-order valence-corrected chi connectivity index (χ0v) is 5.59. The van der Waals surface area contributed by atoms with E-state index in [2.05, 4.69) is 15.3 Å². The lowest BCUT2D eigenvalue weighted by molar-refractivity contribution is -0.118. The summed E-state index contributed by atoms with van der Waals surface area (Å²) in [7, 11) is 1.36. The molecule has 0 aromatic carbocycles. The molecule has 1 N–H and O–H groups in total. The predicted octanol–water partition coefficient (Wildman–Crippen LogP) is -0.907. The number of morpholine rings is 1. The topological polar surface area (TPSA) is 59.9 Å². The molecule has 0 unspecified atom stereocenters. The maximum atomic E-state index is 10.7. The van der Waals surface area contributed by atoms with E-state index in [4.69, 9.17) is 4.74 Å². The van der Waals surface area contributed by atoms with Crippen molar-refractivity contribution in [3.05, 3.63) is 0 Å². The summed E-state index contributed by atoms with van der Waals surface area (Å²) in [5.41, 5.74) is 0. The Bertz CT molecular complexity index is 166. The van der Waals surface area contributed by atoms with E-state index in [0.29, 0.717) is 13.2 Å². The summed E-state index contributed by atoms with van der Waals surface area (Å²) in [6, 6.07) is 0. The smallest absolute Gasteiger partial charge is 0.316 e. The molecule has 1 fully saturated rings. The van der Waals surface area contributed by atoms with Crippen LogP contribution in [0.4, 0.5) is 0 Å². The monoisotopic (exact) mass is 144 g/mol. The molecule has 5 nitrogen and oxygen atoms in total. The molecule has 1 rings (SSSR count). The van der Waals surface area contributed by atoms with Crippen LogP contribution >= 0.6 is 0 Å². The van der Waals surface area contributed by atoms with Crippen LogP contribution in [-0.4, -0.2) is 32.1 Å². The Hall–Kier alpha value is -1.26. The van der Waals surface area contributed by atoms with Crippen LogP contribution in [-0.2, 0) is 14.4 Å². The van der Waals surface area contributed by atoms with Crippen molar-refractivity contribution in [3.8, 4) is 0 Å². The maximum Gasteiger partial charge on any atom is 0.316 e. The summed E-state index contributed by atoms with van der Waals surface area (Å²) < 4.78 is 4.84. The molecule has 0 aliphatic carbocycles. The molecular formula is C5H8N2O3. The first kappa shape index (κ1) is 6.85. The highest BCUT2D eigenvalue weighted by Crippen LogP contribution is 1.89. The zero-order chi connectivity index (χ0) is 7.40. The number of nitrogens with zero attached hydrogens (tertiary/aromatic N) is 1. The van der Waals surface area contributed by atoms with Gasteiger partial charge in [-0.25, -0.2) is 0 Å². The summed E-state index contributed by atoms with van der Waals surface area (Å²) >= 11 is 0. The highest BCUT2D eigenvalue weighted by atomic mass is 16.6. The van der Waals surface area contributed by atoms with Gasteiger partial charge in [-0.1, -0.05) is 0 Å². The molecule has 0 saturated carbocycles. The zero-order valence-electron chi connectivity index (χ0n) is 5.59. The highest BCUT2D eigenvalue weighted by molar-refractivity contribution is 6.35. The Kier molecular flexibility index (Phi) is 2.09. The Morgan fingerprint density at radius 3 is 3.20 bits per heavy atom. The van der Waals surface area contributed by atoms with Crippen LogP contribution in [0, 0.1) is 0 Å². The second kappa shape index (κ2) is 3.05. The Labute approximate surface area is 58.0 Å². The van der Waals surface area contributed by atoms with Gasteiger partial charge in [-0.2, -0.15) is 0 Å². The third-order valence-electron chi connectivity index (χ3n) is 0.995. The Morgan fingerprint density at radius 2 is 2.60 bits per heavy atom. The minimum absolute atomic E-state index is 0.00579. The lowest BCUT2D eigenvalue weighted by Gasteiger charge is -2.13. The van der Waals surface area contributed by atoms with Crippen LogP contribution < -0.4 is 5.32 Å². The van der Waals surface area contributed by atoms with Crippen molar-refractivity contribution in [1.82, 2.24) is 5.32 Å². The van der Waals surface area contributed by atoms with Gasteiger partial charge in [0.15, 0.2) is 0 Å². The fourth-order valence-corrected chi connectivity index (χ4v) is 0.604. The molecular weight excluding hydrogens is 136 g/mol. The van der Waals surface area contributed by atoms with Gasteiger partial charge < -0.3 is 14.9 Å². The van der Waals surface area contributed by atoms with Gasteiger partial charge in [-0.15, -0.1) is 0 Å². The van der Waals surface area contributed by atoms with Gasteiger partial charge in [0.05, 0.1) is 6.54 Å². The van der Waals surface area contributed by atoms with Crippen LogP contribution in [0.5, 0.6) is 0 Å². The number of carbonyl (C=O) groups is 1. The number of hydrogen-bond donors (Lipinski definition) is 1. The second-order valence-corrected chi connectivity index (χ2v) is 1.68. The average Bonchev–Trinajstić information content (AvgIpc) is 1.94. The first-order chi connectivity index (χ1) is 4.84. The number of hydrogen-bond acceptors (Lipinski definition) is 4. The van der Waals surface area contributed by atoms with Crippen molar-refractivity contribution in [3.63, 3.8) is 0 Å². The van der Waals surface area contributed by atoms with Gasteiger partial charge in [0.2, 0.25) is 0 Å². The van der Waals surface area contributed by atoms with Crippen molar-refractivity contribution < 1.29 is 14.4 Å². The largest absolute Gasteiger partial charge is 0.470 e. The molecule has 0 atom stereocenters. The molecule has 10 heavy (non-hydrogen) atoms. The van der Waals surface area contributed by atoms with Crippen molar-refractivity contribution in [2.24, 2.45) is 5.16 Å². The number of rotatable bonds is 1. The van der Waals surface area contributed by atoms with E-state index in [1.165, 1.54) is 7.11 Å². The van der Waals surface area contributed by atoms with Gasteiger partial charge in [0.1, 0.15) is 13.7 Å². The van der Waals surface area contributed by atoms with Gasteiger partial charge in [-0.05, 0) is 5.16 Å². The molecule has 1 heterocycles. The minimum atomic E-state index is -0.326. The van der Waals surface area contributed by atoms with Crippen molar-refractivity contribution in [1.29, 1.82) is 0 Å². The summed E-state index contributed by atoms with van der Waals surface area (Å²) in [4.78, 5) is 15.1. The first-order valence-electron chi connectivity index (χ1n) is 2.86. The SMILES string of the molecule is CO/N=C1/OCCNC1=O. The summed E-state index contributed by atoms with van der Waals surface area (Å²) in [6.45, 7) is 0.982. The van der Waals surface area contributed by atoms with Gasteiger partial charge in [0.25, 0.3) is 0 Å². The van der Waals surface area contributed by atoms with E-state index in [9.17, 15) is 4.79 Å². The van der Waals surface area contributed by atoms with Crippen LogP contribution in [0.3, 0.4) is 0 Å². The third kappa shape index (κ3) is 1.37. The van der Waals surface area contributed by atoms with E-state index in [0.717, 1.165) is 0 Å². The van der Waals surface area contributed by atoms with E-state index >= 15 is 0 Å². The van der Waals surface area contributed by atoms with E-state index in [1.54, 1.807) is 0 Å². The molecule has 0 aromatic heterocycles. The molecule has 5 heteroatoms. The Balaban J connectivity index is 2.56. The molecule has 0 radical (unpaired) electrons. The van der Waals surface area contributed by atoms with Gasteiger partial charge >= 0.3 is 11.8 Å². The predicted molar refractivity (Wildman–Crippen MR) is 33.4 cm³/mol. The van der Waals surface area contributed by atoms with Crippen molar-refractivity contribution >= 4 is 11.8 Å². The minimum Gasteiger partial charge on any atom is -0.470 e. The fourth-order valence-electron chi connectivity index (χ4n) is 0.604. The number of amides is 1. The molecule has 0 bridgehead atoms. The summed E-state index contributed by atoms with van der Waals surface area (Å²) in [5, 5.41) is 5.89. The van der Waals surface area contributed by atoms with E-state index in [1.807, 2.05) is 0 Å². The Morgan fingerprint density at radius 1 is 1.80 bits per heavy atom. The maximum absolute atomic E-state index is 10.7. The molecule has 56 valence electrons. The second-order valence-electron chi connectivity index (χ2n) is 1.68. The van der Waals surface area contributed by atoms with E-state index < -0.39 is 0 Å². The standard InChI is InChI=1S/C5H8N2O3/c1-9-7-5-4(8)6-2-3-10-5/h2-3H2,1H3,(H,6,8)/b7-5+. The number of ether oxygens (including phenoxy) is 1. The van der Waals surface area contributed by atoms with Crippen molar-refractivity contribution in [2.75, 3.05) is 20.3 Å². The number of carbonyl (C=O) groups excluding carboxylic acids is 1. The van der Waals surface area contributed by atoms with Gasteiger partial charge in [0, 0.05) is 0 Å². The number of oxime groups is 1. The molecule has 1 amide bonds. The summed E-state index contributed by atoms with van der Waals surface area (Å²) in [5.74, 6) is -0.332. The molecule has 1 aliphatic rings. The molecule has 0 spiro atoms. The quantitative estimate of drug-likeness (QED) is 0.485. The third-order valence-corrected chi connectivity index (χ3v) is 0.995.